The zero-order chi connectivity index (χ0) is 13.8. The third-order valence-corrected chi connectivity index (χ3v) is 3.45. The van der Waals surface area contributed by atoms with Crippen molar-refractivity contribution in [3.8, 4) is 5.75 Å². The van der Waals surface area contributed by atoms with E-state index in [-0.39, 0.29) is 11.5 Å². The highest BCUT2D eigenvalue weighted by atomic mass is 127. The third kappa shape index (κ3) is 3.57. The van der Waals surface area contributed by atoms with Gasteiger partial charge in [0.2, 0.25) is 0 Å². The van der Waals surface area contributed by atoms with Crippen LogP contribution in [0.3, 0.4) is 0 Å². The van der Waals surface area contributed by atoms with Gasteiger partial charge in [0.15, 0.2) is 5.76 Å². The van der Waals surface area contributed by atoms with Crippen molar-refractivity contribution in [2.75, 3.05) is 0 Å². The maximum atomic E-state index is 11.5. The highest BCUT2D eigenvalue weighted by Gasteiger charge is 2.07. The first-order chi connectivity index (χ1) is 9.08. The van der Waals surface area contributed by atoms with E-state index in [9.17, 15) is 9.90 Å². The summed E-state index contributed by atoms with van der Waals surface area (Å²) in [6.45, 7) is 0. The van der Waals surface area contributed by atoms with E-state index in [1.807, 2.05) is 22.6 Å². The molecule has 2 rings (SSSR count). The molecule has 98 valence electrons. The minimum Gasteiger partial charge on any atom is -0.506 e. The summed E-state index contributed by atoms with van der Waals surface area (Å²) in [5.41, 5.74) is 2.81. The molecule has 1 aromatic heterocycles. The Kier molecular flexibility index (Phi) is 4.59. The highest BCUT2D eigenvalue weighted by molar-refractivity contribution is 14.1. The topological polar surface area (TPSA) is 74.8 Å². The summed E-state index contributed by atoms with van der Waals surface area (Å²) in [5.74, 6) is -0.171. The quantitative estimate of drug-likeness (QED) is 0.442. The molecule has 5 nitrogen and oxygen atoms in total. The second kappa shape index (κ2) is 6.20. The Morgan fingerprint density at radius 2 is 2.32 bits per heavy atom. The fourth-order valence-electron chi connectivity index (χ4n) is 1.31. The largest absolute Gasteiger partial charge is 0.506 e. The molecular weight excluding hydrogens is 427 g/mol. The summed E-state index contributed by atoms with van der Waals surface area (Å²) in [6, 6.07) is 6.61. The molecule has 0 bridgehead atoms. The van der Waals surface area contributed by atoms with Crippen LogP contribution in [0.4, 0.5) is 0 Å². The van der Waals surface area contributed by atoms with Crippen molar-refractivity contribution in [2.45, 2.75) is 0 Å². The summed E-state index contributed by atoms with van der Waals surface area (Å²) in [5, 5.41) is 13.6. The minimum absolute atomic E-state index is 0.111. The summed E-state index contributed by atoms with van der Waals surface area (Å²) >= 11 is 5.32. The van der Waals surface area contributed by atoms with Crippen molar-refractivity contribution in [2.24, 2.45) is 5.10 Å². The third-order valence-electron chi connectivity index (χ3n) is 2.17. The van der Waals surface area contributed by atoms with Crippen molar-refractivity contribution in [1.29, 1.82) is 0 Å². The van der Waals surface area contributed by atoms with E-state index in [0.29, 0.717) is 9.13 Å². The first kappa shape index (κ1) is 14.1. The zero-order valence-corrected chi connectivity index (χ0v) is 13.2. The Morgan fingerprint density at radius 3 is 3.00 bits per heavy atom. The first-order valence-corrected chi connectivity index (χ1v) is 7.00. The van der Waals surface area contributed by atoms with Gasteiger partial charge in [-0.1, -0.05) is 15.9 Å². The van der Waals surface area contributed by atoms with Crippen LogP contribution in [0.15, 0.2) is 44.5 Å². The molecule has 2 N–H and O–H groups in total. The second-order valence-corrected chi connectivity index (χ2v) is 5.58. The van der Waals surface area contributed by atoms with Crippen LogP contribution in [0.25, 0.3) is 0 Å². The Bertz CT molecular complexity index is 626. The van der Waals surface area contributed by atoms with Crippen LogP contribution in [-0.2, 0) is 0 Å². The van der Waals surface area contributed by atoms with Crippen molar-refractivity contribution in [3.63, 3.8) is 0 Å². The predicted octanol–water partition coefficient (Wildman–Crippen LogP) is 3.12. The second-order valence-electron chi connectivity index (χ2n) is 3.50. The molecule has 0 fully saturated rings. The Labute approximate surface area is 131 Å². The molecule has 7 heteroatoms. The van der Waals surface area contributed by atoms with Crippen molar-refractivity contribution in [1.82, 2.24) is 5.43 Å². The van der Waals surface area contributed by atoms with Gasteiger partial charge in [-0.2, -0.15) is 5.10 Å². The first-order valence-electron chi connectivity index (χ1n) is 5.13. The Hall–Kier alpha value is -1.35. The molecule has 0 aliphatic heterocycles. The van der Waals surface area contributed by atoms with Gasteiger partial charge in [0.1, 0.15) is 5.75 Å². The molecule has 0 spiro atoms. The van der Waals surface area contributed by atoms with E-state index < -0.39 is 5.91 Å². The number of carbonyl (C=O) groups excluding carboxylic acids is 1. The van der Waals surface area contributed by atoms with Gasteiger partial charge < -0.3 is 9.52 Å². The lowest BCUT2D eigenvalue weighted by Crippen LogP contribution is -2.16. The standard InChI is InChI=1S/C12H8BrIN2O3/c13-8-4-7(11(17)9(14)5-8)6-15-16-12(18)10-2-1-3-19-10/h1-6,17H,(H,16,18)/b15-6+. The molecule has 0 aliphatic carbocycles. The summed E-state index contributed by atoms with van der Waals surface area (Å²) in [6.07, 6.45) is 2.77. The SMILES string of the molecule is O=C(N/N=C/c1cc(Br)cc(I)c1O)c1ccco1. The number of aromatic hydroxyl groups is 1. The van der Waals surface area contributed by atoms with E-state index in [2.05, 4.69) is 26.5 Å². The number of amides is 1. The number of carbonyl (C=O) groups is 1. The monoisotopic (exact) mass is 434 g/mol. The van der Waals surface area contributed by atoms with Crippen LogP contribution in [0.1, 0.15) is 16.1 Å². The maximum absolute atomic E-state index is 11.5. The van der Waals surface area contributed by atoms with E-state index in [1.165, 1.54) is 18.5 Å². The molecule has 1 amide bonds. The number of nitrogens with one attached hydrogen (secondary N) is 1. The van der Waals surface area contributed by atoms with Gasteiger partial charge in [0.25, 0.3) is 0 Å². The number of phenols is 1. The van der Waals surface area contributed by atoms with E-state index >= 15 is 0 Å². The fraction of sp³-hybridized carbons (Fsp3) is 0. The molecule has 1 aromatic carbocycles. The summed E-state index contributed by atoms with van der Waals surface area (Å²) < 4.78 is 6.42. The molecular formula is C12H8BrIN2O3. The average molecular weight is 435 g/mol. The Morgan fingerprint density at radius 1 is 1.53 bits per heavy atom. The molecule has 0 saturated heterocycles. The lowest BCUT2D eigenvalue weighted by molar-refractivity contribution is 0.0927. The van der Waals surface area contributed by atoms with E-state index in [0.717, 1.165) is 4.47 Å². The van der Waals surface area contributed by atoms with Crippen molar-refractivity contribution >= 4 is 50.6 Å². The van der Waals surface area contributed by atoms with E-state index in [1.54, 1.807) is 18.2 Å². The van der Waals surface area contributed by atoms with Crippen LogP contribution in [0, 0.1) is 3.57 Å². The van der Waals surface area contributed by atoms with Crippen molar-refractivity contribution < 1.29 is 14.3 Å². The molecule has 0 radical (unpaired) electrons. The molecule has 0 aliphatic rings. The number of hydrogen-bond donors (Lipinski definition) is 2. The maximum Gasteiger partial charge on any atom is 0.307 e. The molecule has 0 saturated carbocycles. The molecule has 0 atom stereocenters. The van der Waals surface area contributed by atoms with Crippen LogP contribution >= 0.6 is 38.5 Å². The molecule has 2 aromatic rings. The smallest absolute Gasteiger partial charge is 0.307 e. The van der Waals surface area contributed by atoms with Gasteiger partial charge in [-0.25, -0.2) is 5.43 Å². The molecule has 19 heavy (non-hydrogen) atoms. The van der Waals surface area contributed by atoms with Crippen LogP contribution in [0.5, 0.6) is 5.75 Å². The minimum atomic E-state index is -0.453. The number of furan rings is 1. The van der Waals surface area contributed by atoms with Crippen LogP contribution in [0.2, 0.25) is 0 Å². The van der Waals surface area contributed by atoms with Gasteiger partial charge in [-0.3, -0.25) is 4.79 Å². The lowest BCUT2D eigenvalue weighted by atomic mass is 10.2. The summed E-state index contributed by atoms with van der Waals surface area (Å²) in [4.78, 5) is 11.5. The van der Waals surface area contributed by atoms with E-state index in [4.69, 9.17) is 4.42 Å². The lowest BCUT2D eigenvalue weighted by Gasteiger charge is -2.02. The summed E-state index contributed by atoms with van der Waals surface area (Å²) in [7, 11) is 0. The van der Waals surface area contributed by atoms with Crippen molar-refractivity contribution in [3.05, 3.63) is 49.9 Å². The number of rotatable bonds is 3. The van der Waals surface area contributed by atoms with Gasteiger partial charge in [-0.15, -0.1) is 0 Å². The Balaban J connectivity index is 2.09. The fourth-order valence-corrected chi connectivity index (χ4v) is 2.86. The number of phenolic OH excluding ortho intramolecular Hbond substituents is 1. The number of nitrogens with zero attached hydrogens (tertiary/aromatic N) is 1. The highest BCUT2D eigenvalue weighted by Crippen LogP contribution is 2.27. The van der Waals surface area contributed by atoms with Crippen LogP contribution < -0.4 is 5.43 Å². The van der Waals surface area contributed by atoms with Gasteiger partial charge in [-0.05, 0) is 46.9 Å². The average Bonchev–Trinajstić information content (AvgIpc) is 2.88. The molecule has 1 heterocycles. The van der Waals surface area contributed by atoms with Crippen LogP contribution in [-0.4, -0.2) is 17.2 Å². The normalized spacial score (nSPS) is 10.8. The number of hydrogen-bond acceptors (Lipinski definition) is 4. The molecule has 0 unspecified atom stereocenters. The van der Waals surface area contributed by atoms with Gasteiger partial charge in [0, 0.05) is 10.0 Å². The predicted molar refractivity (Wildman–Crippen MR) is 82.3 cm³/mol. The number of halogens is 2. The van der Waals surface area contributed by atoms with Gasteiger partial charge in [0.05, 0.1) is 16.0 Å². The zero-order valence-electron chi connectivity index (χ0n) is 9.43. The number of hydrazone groups is 1. The van der Waals surface area contributed by atoms with Gasteiger partial charge >= 0.3 is 5.91 Å². The number of benzene rings is 1.